The summed E-state index contributed by atoms with van der Waals surface area (Å²) in [6.45, 7) is 3.29. The molecule has 22 heavy (non-hydrogen) atoms. The summed E-state index contributed by atoms with van der Waals surface area (Å²) in [5, 5.41) is 9.10. The molecule has 0 fully saturated rings. The van der Waals surface area contributed by atoms with E-state index in [1.165, 1.54) is 0 Å². The molecule has 0 radical (unpaired) electrons. The molecule has 5 nitrogen and oxygen atoms in total. The van der Waals surface area contributed by atoms with Crippen LogP contribution in [-0.4, -0.2) is 29.7 Å². The van der Waals surface area contributed by atoms with Crippen LogP contribution in [0.1, 0.15) is 19.8 Å². The Morgan fingerprint density at radius 3 is 2.91 bits per heavy atom. The predicted octanol–water partition coefficient (Wildman–Crippen LogP) is 2.83. The van der Waals surface area contributed by atoms with Gasteiger partial charge in [-0.25, -0.2) is 4.98 Å². The Morgan fingerprint density at radius 2 is 2.23 bits per heavy atom. The fraction of sp³-hybridized carbons (Fsp3) is 0.375. The van der Waals surface area contributed by atoms with Crippen LogP contribution in [0.25, 0.3) is 17.2 Å². The number of hydrogen-bond donors (Lipinski definition) is 2. The molecule has 0 atom stereocenters. The van der Waals surface area contributed by atoms with E-state index in [1.807, 2.05) is 40.9 Å². The van der Waals surface area contributed by atoms with Crippen molar-refractivity contribution in [1.29, 1.82) is 5.41 Å². The molecule has 1 aromatic carbocycles. The lowest BCUT2D eigenvalue weighted by atomic mass is 10.3. The maximum Gasteiger partial charge on any atom is 0.173 e. The number of halogens is 1. The summed E-state index contributed by atoms with van der Waals surface area (Å²) < 4.78 is 1.83. The zero-order valence-corrected chi connectivity index (χ0v) is 13.8. The van der Waals surface area contributed by atoms with Crippen LogP contribution in [0, 0.1) is 5.41 Å². The Hall–Kier alpha value is -1.85. The van der Waals surface area contributed by atoms with Gasteiger partial charge in [-0.15, -0.1) is 0 Å². The molecular formula is C16H22ClN5. The molecule has 118 valence electrons. The van der Waals surface area contributed by atoms with Crippen molar-refractivity contribution in [1.82, 2.24) is 9.55 Å². The molecule has 0 bridgehead atoms. The summed E-state index contributed by atoms with van der Waals surface area (Å²) in [6, 6.07) is 5.53. The van der Waals surface area contributed by atoms with Crippen molar-refractivity contribution in [3.63, 3.8) is 0 Å². The minimum atomic E-state index is 0.332. The Labute approximate surface area is 135 Å². The molecule has 2 rings (SSSR count). The second kappa shape index (κ2) is 7.42. The SMILES string of the molecule is CCC/C=C/n1c(=N)c(N(C)CCN)nc2ccc(Cl)cc21. The molecule has 0 unspecified atom stereocenters. The highest BCUT2D eigenvalue weighted by molar-refractivity contribution is 6.31. The molecule has 0 saturated carbocycles. The second-order valence-electron chi connectivity index (χ2n) is 5.17. The summed E-state index contributed by atoms with van der Waals surface area (Å²) >= 11 is 6.10. The quantitative estimate of drug-likeness (QED) is 0.860. The third-order valence-electron chi connectivity index (χ3n) is 3.41. The van der Waals surface area contributed by atoms with Gasteiger partial charge < -0.3 is 10.6 Å². The van der Waals surface area contributed by atoms with Crippen molar-refractivity contribution in [3.05, 3.63) is 34.8 Å². The van der Waals surface area contributed by atoms with Crippen molar-refractivity contribution in [2.45, 2.75) is 19.8 Å². The van der Waals surface area contributed by atoms with Crippen molar-refractivity contribution in [2.24, 2.45) is 5.73 Å². The van der Waals surface area contributed by atoms with Crippen LogP contribution in [0.2, 0.25) is 5.02 Å². The molecule has 2 aromatic rings. The Bertz CT molecular complexity index is 735. The topological polar surface area (TPSA) is 70.9 Å². The number of likely N-dealkylation sites (N-methyl/N-ethyl adjacent to an activating group) is 1. The zero-order chi connectivity index (χ0) is 16.1. The molecule has 0 aliphatic rings. The zero-order valence-electron chi connectivity index (χ0n) is 13.0. The largest absolute Gasteiger partial charge is 0.355 e. The molecule has 1 heterocycles. The van der Waals surface area contributed by atoms with E-state index in [9.17, 15) is 0 Å². The minimum absolute atomic E-state index is 0.332. The van der Waals surface area contributed by atoms with E-state index in [0.29, 0.717) is 29.4 Å². The standard InChI is InChI=1S/C16H22ClN5/c1-3-4-5-9-22-14-11-12(17)6-7-13(14)20-16(15(22)19)21(2)10-8-18/h5-7,9,11,19H,3-4,8,10,18H2,1-2H3/b9-5+,19-15?. The molecule has 0 saturated heterocycles. The van der Waals surface area contributed by atoms with Crippen LogP contribution in [0.5, 0.6) is 0 Å². The molecule has 0 spiro atoms. The van der Waals surface area contributed by atoms with Gasteiger partial charge in [0.2, 0.25) is 0 Å². The number of nitrogens with one attached hydrogen (secondary N) is 1. The lowest BCUT2D eigenvalue weighted by Crippen LogP contribution is -2.33. The van der Waals surface area contributed by atoms with Crippen LogP contribution < -0.4 is 16.1 Å². The highest BCUT2D eigenvalue weighted by Gasteiger charge is 2.11. The molecule has 6 heteroatoms. The normalized spacial score (nSPS) is 11.5. The monoisotopic (exact) mass is 319 g/mol. The van der Waals surface area contributed by atoms with E-state index in [0.717, 1.165) is 23.9 Å². The molecule has 1 aromatic heterocycles. The van der Waals surface area contributed by atoms with Crippen molar-refractivity contribution in [2.75, 3.05) is 25.0 Å². The van der Waals surface area contributed by atoms with Gasteiger partial charge in [0.25, 0.3) is 0 Å². The molecule has 0 aliphatic carbocycles. The van der Waals surface area contributed by atoms with Crippen molar-refractivity contribution in [3.8, 4) is 0 Å². The first-order chi connectivity index (χ1) is 10.6. The average Bonchev–Trinajstić information content (AvgIpc) is 2.49. The highest BCUT2D eigenvalue weighted by Crippen LogP contribution is 2.19. The number of rotatable bonds is 6. The number of unbranched alkanes of at least 4 members (excludes halogenated alkanes) is 1. The molecule has 0 amide bonds. The Morgan fingerprint density at radius 1 is 1.45 bits per heavy atom. The number of hydrogen-bond acceptors (Lipinski definition) is 4. The van der Waals surface area contributed by atoms with E-state index in [1.54, 1.807) is 0 Å². The fourth-order valence-corrected chi connectivity index (χ4v) is 2.41. The van der Waals surface area contributed by atoms with Gasteiger partial charge in [-0.05, 0) is 24.6 Å². The van der Waals surface area contributed by atoms with Crippen LogP contribution >= 0.6 is 11.6 Å². The number of nitrogens with zero attached hydrogens (tertiary/aromatic N) is 3. The highest BCUT2D eigenvalue weighted by atomic mass is 35.5. The fourth-order valence-electron chi connectivity index (χ4n) is 2.25. The average molecular weight is 320 g/mol. The van der Waals surface area contributed by atoms with Crippen molar-refractivity contribution >= 4 is 34.7 Å². The molecule has 0 aliphatic heterocycles. The smallest absolute Gasteiger partial charge is 0.173 e. The number of fused-ring (bicyclic) bond motifs is 1. The van der Waals surface area contributed by atoms with Crippen LogP contribution in [0.15, 0.2) is 24.3 Å². The maximum absolute atomic E-state index is 8.47. The molecular weight excluding hydrogens is 298 g/mol. The second-order valence-corrected chi connectivity index (χ2v) is 5.61. The van der Waals surface area contributed by atoms with Crippen LogP contribution in [0.4, 0.5) is 5.82 Å². The number of nitrogens with two attached hydrogens (primary N) is 1. The van der Waals surface area contributed by atoms with Gasteiger partial charge in [0.15, 0.2) is 11.3 Å². The van der Waals surface area contributed by atoms with E-state index in [4.69, 9.17) is 22.7 Å². The van der Waals surface area contributed by atoms with Gasteiger partial charge in [-0.1, -0.05) is 31.0 Å². The summed E-state index contributed by atoms with van der Waals surface area (Å²) in [4.78, 5) is 6.50. The summed E-state index contributed by atoms with van der Waals surface area (Å²) in [6.07, 6.45) is 6.01. The first-order valence-electron chi connectivity index (χ1n) is 7.42. The van der Waals surface area contributed by atoms with Gasteiger partial charge in [0.1, 0.15) is 0 Å². The van der Waals surface area contributed by atoms with Crippen molar-refractivity contribution < 1.29 is 0 Å². The third-order valence-corrected chi connectivity index (χ3v) is 3.65. The summed E-state index contributed by atoms with van der Waals surface area (Å²) in [5.74, 6) is 0.612. The predicted molar refractivity (Wildman–Crippen MR) is 93.2 cm³/mol. The van der Waals surface area contributed by atoms with Gasteiger partial charge in [-0.2, -0.15) is 0 Å². The lowest BCUT2D eigenvalue weighted by molar-refractivity contribution is 0.840. The van der Waals surface area contributed by atoms with Crippen LogP contribution in [-0.2, 0) is 0 Å². The lowest BCUT2D eigenvalue weighted by Gasteiger charge is -2.19. The Balaban J connectivity index is 2.67. The Kier molecular flexibility index (Phi) is 5.57. The maximum atomic E-state index is 8.47. The van der Waals surface area contributed by atoms with Gasteiger partial charge >= 0.3 is 0 Å². The summed E-state index contributed by atoms with van der Waals surface area (Å²) in [7, 11) is 1.90. The number of aromatic nitrogens is 2. The number of allylic oxidation sites excluding steroid dienone is 1. The first kappa shape index (κ1) is 16.5. The van der Waals surface area contributed by atoms with E-state index in [-0.39, 0.29) is 0 Å². The van der Waals surface area contributed by atoms with Gasteiger partial charge in [0.05, 0.1) is 11.0 Å². The third kappa shape index (κ3) is 3.48. The van der Waals surface area contributed by atoms with Gasteiger partial charge in [-0.3, -0.25) is 9.98 Å². The van der Waals surface area contributed by atoms with E-state index in [2.05, 4.69) is 18.0 Å². The number of benzene rings is 1. The number of anilines is 1. The minimum Gasteiger partial charge on any atom is -0.355 e. The van der Waals surface area contributed by atoms with Crippen LogP contribution in [0.3, 0.4) is 0 Å². The first-order valence-corrected chi connectivity index (χ1v) is 7.80. The van der Waals surface area contributed by atoms with Gasteiger partial charge in [0, 0.05) is 31.4 Å². The molecule has 3 N–H and O–H groups in total. The van der Waals surface area contributed by atoms with E-state index < -0.39 is 0 Å². The summed E-state index contributed by atoms with van der Waals surface area (Å²) in [5.41, 5.74) is 7.58. The van der Waals surface area contributed by atoms with E-state index >= 15 is 0 Å².